The smallest absolute Gasteiger partial charge is 0.229 e. The Balaban J connectivity index is 1.93. The second-order valence-corrected chi connectivity index (χ2v) is 5.28. The molecule has 1 saturated carbocycles. The highest BCUT2D eigenvalue weighted by Crippen LogP contribution is 2.24. The van der Waals surface area contributed by atoms with Gasteiger partial charge in [-0.2, -0.15) is 0 Å². The number of amides is 1. The number of likely N-dealkylation sites (N-methyl/N-ethyl adjacent to an activating group) is 1. The van der Waals surface area contributed by atoms with E-state index >= 15 is 0 Å². The van der Waals surface area contributed by atoms with Crippen molar-refractivity contribution in [3.8, 4) is 0 Å². The van der Waals surface area contributed by atoms with Crippen LogP contribution in [0.3, 0.4) is 0 Å². The van der Waals surface area contributed by atoms with Gasteiger partial charge in [-0.3, -0.25) is 4.79 Å². The van der Waals surface area contributed by atoms with Crippen molar-refractivity contribution >= 4 is 5.91 Å². The van der Waals surface area contributed by atoms with Crippen molar-refractivity contribution in [1.82, 2.24) is 10.2 Å². The van der Waals surface area contributed by atoms with Crippen LogP contribution in [0.15, 0.2) is 0 Å². The highest BCUT2D eigenvalue weighted by atomic mass is 16.5. The molecule has 98 valence electrons. The van der Waals surface area contributed by atoms with E-state index in [1.165, 1.54) is 32.1 Å². The lowest BCUT2D eigenvalue weighted by Gasteiger charge is -2.33. The molecule has 2 unspecified atom stereocenters. The molecule has 0 radical (unpaired) electrons. The van der Waals surface area contributed by atoms with Crippen LogP contribution in [0.1, 0.15) is 32.1 Å². The molecule has 0 spiro atoms. The molecule has 2 fully saturated rings. The van der Waals surface area contributed by atoms with Crippen molar-refractivity contribution in [1.29, 1.82) is 0 Å². The third-order valence-corrected chi connectivity index (χ3v) is 4.24. The quantitative estimate of drug-likeness (QED) is 0.800. The third kappa shape index (κ3) is 2.80. The van der Waals surface area contributed by atoms with Gasteiger partial charge in [0.2, 0.25) is 5.91 Å². The summed E-state index contributed by atoms with van der Waals surface area (Å²) < 4.78 is 5.41. The molecule has 17 heavy (non-hydrogen) atoms. The van der Waals surface area contributed by atoms with E-state index in [4.69, 9.17) is 4.74 Å². The summed E-state index contributed by atoms with van der Waals surface area (Å²) in [6, 6.07) is 0.642. The topological polar surface area (TPSA) is 41.6 Å². The molecule has 1 aliphatic carbocycles. The van der Waals surface area contributed by atoms with Crippen molar-refractivity contribution in [3.05, 3.63) is 0 Å². The molecule has 0 aromatic rings. The summed E-state index contributed by atoms with van der Waals surface area (Å²) >= 11 is 0. The Bertz CT molecular complexity index is 264. The zero-order chi connectivity index (χ0) is 12.3. The molecule has 4 nitrogen and oxygen atoms in total. The summed E-state index contributed by atoms with van der Waals surface area (Å²) in [6.07, 6.45) is 6.18. The van der Waals surface area contributed by atoms with Crippen molar-refractivity contribution < 1.29 is 9.53 Å². The van der Waals surface area contributed by atoms with Crippen LogP contribution in [-0.4, -0.2) is 50.2 Å². The zero-order valence-electron chi connectivity index (χ0n) is 10.9. The molecule has 1 aliphatic heterocycles. The van der Waals surface area contributed by atoms with Crippen LogP contribution in [0.5, 0.6) is 0 Å². The van der Waals surface area contributed by atoms with Gasteiger partial charge >= 0.3 is 0 Å². The number of rotatable bonds is 3. The van der Waals surface area contributed by atoms with Gasteiger partial charge in [0.15, 0.2) is 0 Å². The maximum Gasteiger partial charge on any atom is 0.229 e. The highest BCUT2D eigenvalue weighted by Gasteiger charge is 2.36. The average Bonchev–Trinajstić information content (AvgIpc) is 2.86. The molecule has 1 heterocycles. The number of carbonyl (C=O) groups excluding carboxylic acids is 1. The van der Waals surface area contributed by atoms with Crippen molar-refractivity contribution in [2.75, 3.05) is 27.3 Å². The van der Waals surface area contributed by atoms with Gasteiger partial charge in [-0.25, -0.2) is 0 Å². The van der Waals surface area contributed by atoms with Gasteiger partial charge in [-0.1, -0.05) is 19.3 Å². The Morgan fingerprint density at radius 3 is 2.59 bits per heavy atom. The van der Waals surface area contributed by atoms with Crippen LogP contribution in [0, 0.1) is 5.92 Å². The lowest BCUT2D eigenvalue weighted by atomic mass is 9.93. The van der Waals surface area contributed by atoms with E-state index in [2.05, 4.69) is 5.32 Å². The maximum absolute atomic E-state index is 12.4. The molecule has 1 saturated heterocycles. The van der Waals surface area contributed by atoms with E-state index in [0.29, 0.717) is 19.3 Å². The maximum atomic E-state index is 12.4. The van der Waals surface area contributed by atoms with Gasteiger partial charge in [0.1, 0.15) is 0 Å². The van der Waals surface area contributed by atoms with Crippen molar-refractivity contribution in [2.45, 2.75) is 44.2 Å². The summed E-state index contributed by atoms with van der Waals surface area (Å²) in [5.41, 5.74) is 0. The molecule has 2 rings (SSSR count). The van der Waals surface area contributed by atoms with Crippen LogP contribution < -0.4 is 5.32 Å². The van der Waals surface area contributed by atoms with E-state index < -0.39 is 0 Å². The molecule has 0 aromatic heterocycles. The number of nitrogens with zero attached hydrogens (tertiary/aromatic N) is 1. The van der Waals surface area contributed by atoms with Gasteiger partial charge in [-0.15, -0.1) is 0 Å². The molecule has 1 N–H and O–H groups in total. The van der Waals surface area contributed by atoms with E-state index in [-0.39, 0.29) is 17.9 Å². The van der Waals surface area contributed by atoms with Gasteiger partial charge in [0.05, 0.1) is 19.1 Å². The van der Waals surface area contributed by atoms with Gasteiger partial charge < -0.3 is 15.0 Å². The second kappa shape index (κ2) is 5.83. The van der Waals surface area contributed by atoms with Crippen LogP contribution >= 0.6 is 0 Å². The summed E-state index contributed by atoms with van der Waals surface area (Å²) in [4.78, 5) is 14.4. The molecule has 4 heteroatoms. The van der Waals surface area contributed by atoms with E-state index in [1.807, 2.05) is 19.0 Å². The summed E-state index contributed by atoms with van der Waals surface area (Å²) in [5.74, 6) is 0.265. The molecular weight excluding hydrogens is 216 g/mol. The first-order valence-electron chi connectivity index (χ1n) is 6.75. The first kappa shape index (κ1) is 12.8. The fourth-order valence-corrected chi connectivity index (χ4v) is 2.99. The van der Waals surface area contributed by atoms with Crippen LogP contribution in [0.2, 0.25) is 0 Å². The van der Waals surface area contributed by atoms with Crippen LogP contribution in [0.4, 0.5) is 0 Å². The minimum Gasteiger partial charge on any atom is -0.379 e. The van der Waals surface area contributed by atoms with E-state index in [0.717, 1.165) is 0 Å². The Hall–Kier alpha value is -0.610. The lowest BCUT2D eigenvalue weighted by molar-refractivity contribution is -0.137. The summed E-state index contributed by atoms with van der Waals surface area (Å²) in [6.45, 7) is 1.23. The zero-order valence-corrected chi connectivity index (χ0v) is 10.9. The van der Waals surface area contributed by atoms with E-state index in [9.17, 15) is 4.79 Å². The van der Waals surface area contributed by atoms with Gasteiger partial charge in [0, 0.05) is 19.1 Å². The predicted molar refractivity (Wildman–Crippen MR) is 66.8 cm³/mol. The lowest BCUT2D eigenvalue weighted by Crippen LogP contribution is -2.47. The fraction of sp³-hybridized carbons (Fsp3) is 0.923. The number of carbonyl (C=O) groups is 1. The third-order valence-electron chi connectivity index (χ3n) is 4.24. The Morgan fingerprint density at radius 1 is 1.24 bits per heavy atom. The largest absolute Gasteiger partial charge is 0.379 e. The Kier molecular flexibility index (Phi) is 4.40. The first-order chi connectivity index (χ1) is 8.24. The molecule has 0 aromatic carbocycles. The van der Waals surface area contributed by atoms with Crippen LogP contribution in [-0.2, 0) is 9.53 Å². The monoisotopic (exact) mass is 240 g/mol. The fourth-order valence-electron chi connectivity index (χ4n) is 2.99. The SMILES string of the molecule is CNC1COCC1C(=O)N(C)C1CCCCC1. The normalized spacial score (nSPS) is 30.5. The molecular formula is C13H24N2O2. The predicted octanol–water partition coefficient (Wildman–Crippen LogP) is 1.01. The molecule has 1 amide bonds. The number of nitrogens with one attached hydrogen (secondary N) is 1. The minimum absolute atomic E-state index is 0.00641. The number of hydrogen-bond donors (Lipinski definition) is 1. The Morgan fingerprint density at radius 2 is 1.94 bits per heavy atom. The average molecular weight is 240 g/mol. The first-order valence-corrected chi connectivity index (χ1v) is 6.75. The highest BCUT2D eigenvalue weighted by molar-refractivity contribution is 5.80. The molecule has 2 atom stereocenters. The van der Waals surface area contributed by atoms with Crippen molar-refractivity contribution in [3.63, 3.8) is 0 Å². The van der Waals surface area contributed by atoms with Gasteiger partial charge in [-0.05, 0) is 19.9 Å². The minimum atomic E-state index is 0.00641. The van der Waals surface area contributed by atoms with Crippen molar-refractivity contribution in [2.24, 2.45) is 5.92 Å². The standard InChI is InChI=1S/C13H24N2O2/c1-14-12-9-17-8-11(12)13(16)15(2)10-6-4-3-5-7-10/h10-12,14H,3-9H2,1-2H3. The van der Waals surface area contributed by atoms with Gasteiger partial charge in [0.25, 0.3) is 0 Å². The van der Waals surface area contributed by atoms with E-state index in [1.54, 1.807) is 0 Å². The molecule has 2 aliphatic rings. The molecule has 0 bridgehead atoms. The summed E-state index contributed by atoms with van der Waals surface area (Å²) in [5, 5.41) is 3.18. The van der Waals surface area contributed by atoms with Crippen LogP contribution in [0.25, 0.3) is 0 Å². The summed E-state index contributed by atoms with van der Waals surface area (Å²) in [7, 11) is 3.86. The Labute approximate surface area is 104 Å². The second-order valence-electron chi connectivity index (χ2n) is 5.28. The number of ether oxygens (including phenoxy) is 1. The number of hydrogen-bond acceptors (Lipinski definition) is 3.